The number of hydrogen-bond acceptors (Lipinski definition) is 1. The summed E-state index contributed by atoms with van der Waals surface area (Å²) in [7, 11) is 0. The Morgan fingerprint density at radius 1 is 1.24 bits per heavy atom. The van der Waals surface area contributed by atoms with Crippen LogP contribution in [-0.2, 0) is 6.42 Å². The standard InChI is InChI=1S/C15H22N2/c1-10(2)17-9-13(8-12(4)16)14-7-5-6-11(3)15(14)17/h5-7,9-10,12H,8,16H2,1-4H3. The van der Waals surface area contributed by atoms with Gasteiger partial charge in [0.05, 0.1) is 5.52 Å². The minimum absolute atomic E-state index is 0.210. The van der Waals surface area contributed by atoms with Crippen molar-refractivity contribution in [3.8, 4) is 0 Å². The molecule has 0 saturated heterocycles. The average Bonchev–Trinajstić information content (AvgIpc) is 2.58. The van der Waals surface area contributed by atoms with Crippen LogP contribution in [0.4, 0.5) is 0 Å². The highest BCUT2D eigenvalue weighted by Crippen LogP contribution is 2.28. The molecular formula is C15H22N2. The second-order valence-corrected chi connectivity index (χ2v) is 5.31. The van der Waals surface area contributed by atoms with Crippen molar-refractivity contribution in [2.75, 3.05) is 0 Å². The number of fused-ring (bicyclic) bond motifs is 1. The third-order valence-corrected chi connectivity index (χ3v) is 3.24. The molecule has 2 rings (SSSR count). The summed E-state index contributed by atoms with van der Waals surface area (Å²) in [6.45, 7) is 8.69. The topological polar surface area (TPSA) is 30.9 Å². The quantitative estimate of drug-likeness (QED) is 0.860. The van der Waals surface area contributed by atoms with E-state index in [9.17, 15) is 0 Å². The van der Waals surface area contributed by atoms with E-state index in [2.05, 4.69) is 56.7 Å². The van der Waals surface area contributed by atoms with Gasteiger partial charge in [0, 0.05) is 23.7 Å². The van der Waals surface area contributed by atoms with Gasteiger partial charge in [0.1, 0.15) is 0 Å². The lowest BCUT2D eigenvalue weighted by Crippen LogP contribution is -2.17. The van der Waals surface area contributed by atoms with E-state index < -0.39 is 0 Å². The van der Waals surface area contributed by atoms with Gasteiger partial charge in [-0.05, 0) is 45.2 Å². The molecule has 1 atom stereocenters. The van der Waals surface area contributed by atoms with Crippen LogP contribution in [0.1, 0.15) is 37.9 Å². The Labute approximate surface area is 103 Å². The molecule has 0 saturated carbocycles. The van der Waals surface area contributed by atoms with Crippen molar-refractivity contribution in [2.24, 2.45) is 5.73 Å². The third-order valence-electron chi connectivity index (χ3n) is 3.24. The van der Waals surface area contributed by atoms with Gasteiger partial charge in [0.25, 0.3) is 0 Å². The summed E-state index contributed by atoms with van der Waals surface area (Å²) in [4.78, 5) is 0. The van der Waals surface area contributed by atoms with Gasteiger partial charge in [-0.1, -0.05) is 18.2 Å². The molecule has 2 aromatic rings. The van der Waals surface area contributed by atoms with E-state index in [1.165, 1.54) is 22.0 Å². The van der Waals surface area contributed by atoms with Crippen molar-refractivity contribution < 1.29 is 0 Å². The number of nitrogens with zero attached hydrogens (tertiary/aromatic N) is 1. The van der Waals surface area contributed by atoms with Crippen LogP contribution < -0.4 is 5.73 Å². The first-order valence-corrected chi connectivity index (χ1v) is 6.35. The molecule has 0 aliphatic rings. The van der Waals surface area contributed by atoms with Gasteiger partial charge in [-0.15, -0.1) is 0 Å². The number of para-hydroxylation sites is 1. The lowest BCUT2D eigenvalue weighted by atomic mass is 10.1. The van der Waals surface area contributed by atoms with Crippen molar-refractivity contribution in [3.05, 3.63) is 35.5 Å². The Bertz CT molecular complexity index is 521. The van der Waals surface area contributed by atoms with Crippen molar-refractivity contribution in [3.63, 3.8) is 0 Å². The summed E-state index contributed by atoms with van der Waals surface area (Å²) >= 11 is 0. The lowest BCUT2D eigenvalue weighted by Gasteiger charge is -2.10. The molecule has 2 nitrogen and oxygen atoms in total. The molecule has 0 radical (unpaired) electrons. The summed E-state index contributed by atoms with van der Waals surface area (Å²) in [5.41, 5.74) is 10.00. The molecule has 1 aromatic carbocycles. The summed E-state index contributed by atoms with van der Waals surface area (Å²) in [6.07, 6.45) is 3.21. The van der Waals surface area contributed by atoms with Crippen LogP contribution in [0.5, 0.6) is 0 Å². The first-order valence-electron chi connectivity index (χ1n) is 6.35. The molecule has 0 amide bonds. The fraction of sp³-hybridized carbons (Fsp3) is 0.467. The molecule has 0 bridgehead atoms. The number of rotatable bonds is 3. The van der Waals surface area contributed by atoms with Crippen LogP contribution in [0.15, 0.2) is 24.4 Å². The summed E-state index contributed by atoms with van der Waals surface area (Å²) in [5, 5.41) is 1.36. The number of hydrogen-bond donors (Lipinski definition) is 1. The molecule has 0 fully saturated rings. The van der Waals surface area contributed by atoms with Crippen LogP contribution in [0, 0.1) is 6.92 Å². The van der Waals surface area contributed by atoms with Gasteiger partial charge in [0.2, 0.25) is 0 Å². The Balaban J connectivity index is 2.66. The zero-order chi connectivity index (χ0) is 12.6. The maximum absolute atomic E-state index is 5.93. The molecule has 17 heavy (non-hydrogen) atoms. The molecule has 2 N–H and O–H groups in total. The van der Waals surface area contributed by atoms with Gasteiger partial charge < -0.3 is 10.3 Å². The number of aromatic nitrogens is 1. The van der Waals surface area contributed by atoms with E-state index in [-0.39, 0.29) is 6.04 Å². The first kappa shape index (κ1) is 12.2. The van der Waals surface area contributed by atoms with Crippen LogP contribution in [0.2, 0.25) is 0 Å². The van der Waals surface area contributed by atoms with E-state index >= 15 is 0 Å². The summed E-state index contributed by atoms with van der Waals surface area (Å²) < 4.78 is 2.36. The highest BCUT2D eigenvalue weighted by molar-refractivity contribution is 5.87. The highest BCUT2D eigenvalue weighted by atomic mass is 15.0. The summed E-state index contributed by atoms with van der Waals surface area (Å²) in [5.74, 6) is 0. The SMILES string of the molecule is Cc1cccc2c(CC(C)N)cn(C(C)C)c12. The maximum atomic E-state index is 5.93. The second-order valence-electron chi connectivity index (χ2n) is 5.31. The first-order chi connectivity index (χ1) is 8.00. The van der Waals surface area contributed by atoms with Crippen LogP contribution in [0.3, 0.4) is 0 Å². The molecule has 0 spiro atoms. The van der Waals surface area contributed by atoms with Gasteiger partial charge in [-0.3, -0.25) is 0 Å². The molecular weight excluding hydrogens is 208 g/mol. The Hall–Kier alpha value is -1.28. The minimum atomic E-state index is 0.210. The Kier molecular flexibility index (Phi) is 3.25. The van der Waals surface area contributed by atoms with Gasteiger partial charge in [-0.2, -0.15) is 0 Å². The average molecular weight is 230 g/mol. The molecule has 0 aliphatic heterocycles. The van der Waals surface area contributed by atoms with Crippen LogP contribution >= 0.6 is 0 Å². The van der Waals surface area contributed by atoms with Crippen LogP contribution in [0.25, 0.3) is 10.9 Å². The molecule has 1 heterocycles. The van der Waals surface area contributed by atoms with E-state index in [0.29, 0.717) is 6.04 Å². The predicted molar refractivity (Wildman–Crippen MR) is 74.4 cm³/mol. The summed E-state index contributed by atoms with van der Waals surface area (Å²) in [6, 6.07) is 7.21. The Morgan fingerprint density at radius 2 is 1.94 bits per heavy atom. The predicted octanol–water partition coefficient (Wildman–Crippen LogP) is 3.42. The molecule has 92 valence electrons. The number of benzene rings is 1. The van der Waals surface area contributed by atoms with E-state index in [1.54, 1.807) is 0 Å². The normalized spacial score (nSPS) is 13.5. The maximum Gasteiger partial charge on any atom is 0.0515 e. The van der Waals surface area contributed by atoms with E-state index in [4.69, 9.17) is 5.73 Å². The molecule has 1 aromatic heterocycles. The largest absolute Gasteiger partial charge is 0.344 e. The van der Waals surface area contributed by atoms with Crippen LogP contribution in [-0.4, -0.2) is 10.6 Å². The van der Waals surface area contributed by atoms with Gasteiger partial charge in [-0.25, -0.2) is 0 Å². The Morgan fingerprint density at radius 3 is 2.53 bits per heavy atom. The minimum Gasteiger partial charge on any atom is -0.344 e. The van der Waals surface area contributed by atoms with Crippen molar-refractivity contribution in [1.29, 1.82) is 0 Å². The second kappa shape index (κ2) is 4.53. The smallest absolute Gasteiger partial charge is 0.0515 e. The zero-order valence-electron chi connectivity index (χ0n) is 11.2. The van der Waals surface area contributed by atoms with E-state index in [0.717, 1.165) is 6.42 Å². The molecule has 1 unspecified atom stereocenters. The van der Waals surface area contributed by atoms with Crippen molar-refractivity contribution in [1.82, 2.24) is 4.57 Å². The number of nitrogens with two attached hydrogens (primary N) is 1. The fourth-order valence-electron chi connectivity index (χ4n) is 2.48. The lowest BCUT2D eigenvalue weighted by molar-refractivity contribution is 0.617. The zero-order valence-corrected chi connectivity index (χ0v) is 11.2. The highest BCUT2D eigenvalue weighted by Gasteiger charge is 2.12. The monoisotopic (exact) mass is 230 g/mol. The third kappa shape index (κ3) is 2.22. The molecule has 0 aliphatic carbocycles. The van der Waals surface area contributed by atoms with Crippen molar-refractivity contribution in [2.45, 2.75) is 46.2 Å². The van der Waals surface area contributed by atoms with Crippen molar-refractivity contribution >= 4 is 10.9 Å². The van der Waals surface area contributed by atoms with Gasteiger partial charge >= 0.3 is 0 Å². The van der Waals surface area contributed by atoms with Gasteiger partial charge in [0.15, 0.2) is 0 Å². The molecule has 2 heteroatoms. The van der Waals surface area contributed by atoms with E-state index in [1.807, 2.05) is 0 Å². The number of aryl methyl sites for hydroxylation is 1. The fourth-order valence-corrected chi connectivity index (χ4v) is 2.48.